The van der Waals surface area contributed by atoms with E-state index in [2.05, 4.69) is 9.71 Å². The van der Waals surface area contributed by atoms with Crippen LogP contribution in [0.5, 0.6) is 0 Å². The van der Waals surface area contributed by atoms with E-state index in [1.807, 2.05) is 6.92 Å². The van der Waals surface area contributed by atoms with Crippen LogP contribution in [0.25, 0.3) is 0 Å². The third-order valence-electron chi connectivity index (χ3n) is 2.27. The molecule has 7 nitrogen and oxygen atoms in total. The zero-order chi connectivity index (χ0) is 13.6. The summed E-state index contributed by atoms with van der Waals surface area (Å²) in [6, 6.07) is 0. The molecular weight excluding hydrogens is 256 g/mol. The molecule has 0 aliphatic carbocycles. The number of hydrogen-bond donors (Lipinski definition) is 2. The zero-order valence-corrected chi connectivity index (χ0v) is 11.5. The van der Waals surface area contributed by atoms with E-state index in [1.54, 1.807) is 7.05 Å². The van der Waals surface area contributed by atoms with Crippen molar-refractivity contribution in [2.45, 2.75) is 24.8 Å². The van der Waals surface area contributed by atoms with Gasteiger partial charge in [-0.3, -0.25) is 0 Å². The largest absolute Gasteiger partial charge is 0.381 e. The summed E-state index contributed by atoms with van der Waals surface area (Å²) in [6.07, 6.45) is 2.95. The standard InChI is InChI=1S/C10H20N4O3S/c1-3-6-17-7-4-5-13-18(15,16)10-9(11)12-8-14(10)2/h8,13H,3-7,11H2,1-2H3. The number of imidazole rings is 1. The Balaban J connectivity index is 2.46. The molecule has 1 heterocycles. The van der Waals surface area contributed by atoms with Gasteiger partial charge in [-0.2, -0.15) is 0 Å². The van der Waals surface area contributed by atoms with Crippen LogP contribution in [0.4, 0.5) is 5.82 Å². The third-order valence-corrected chi connectivity index (χ3v) is 3.86. The molecule has 18 heavy (non-hydrogen) atoms. The van der Waals surface area contributed by atoms with Crippen molar-refractivity contribution >= 4 is 15.8 Å². The second-order valence-electron chi connectivity index (χ2n) is 3.91. The Morgan fingerprint density at radius 3 is 2.78 bits per heavy atom. The van der Waals surface area contributed by atoms with Gasteiger partial charge in [0.15, 0.2) is 10.8 Å². The van der Waals surface area contributed by atoms with Gasteiger partial charge in [-0.15, -0.1) is 0 Å². The van der Waals surface area contributed by atoms with Crippen molar-refractivity contribution in [3.05, 3.63) is 6.33 Å². The quantitative estimate of drug-likeness (QED) is 0.656. The van der Waals surface area contributed by atoms with Gasteiger partial charge in [0.05, 0.1) is 6.33 Å². The van der Waals surface area contributed by atoms with Gasteiger partial charge < -0.3 is 15.0 Å². The van der Waals surface area contributed by atoms with Crippen LogP contribution >= 0.6 is 0 Å². The number of nitrogens with one attached hydrogen (secondary N) is 1. The van der Waals surface area contributed by atoms with Crippen molar-refractivity contribution in [1.29, 1.82) is 0 Å². The van der Waals surface area contributed by atoms with E-state index >= 15 is 0 Å². The molecule has 0 aliphatic rings. The van der Waals surface area contributed by atoms with Gasteiger partial charge >= 0.3 is 0 Å². The van der Waals surface area contributed by atoms with Gasteiger partial charge in [-0.25, -0.2) is 18.1 Å². The van der Waals surface area contributed by atoms with E-state index in [-0.39, 0.29) is 10.8 Å². The van der Waals surface area contributed by atoms with Crippen molar-refractivity contribution in [1.82, 2.24) is 14.3 Å². The number of nitrogens with two attached hydrogens (primary N) is 1. The Labute approximate surface area is 107 Å². The molecule has 104 valence electrons. The van der Waals surface area contributed by atoms with Gasteiger partial charge in [-0.05, 0) is 12.8 Å². The van der Waals surface area contributed by atoms with Crippen molar-refractivity contribution in [2.75, 3.05) is 25.5 Å². The minimum Gasteiger partial charge on any atom is -0.381 e. The van der Waals surface area contributed by atoms with Crippen LogP contribution in [0.3, 0.4) is 0 Å². The van der Waals surface area contributed by atoms with Crippen LogP contribution in [0.1, 0.15) is 19.8 Å². The number of rotatable bonds is 8. The predicted octanol–water partition coefficient (Wildman–Crippen LogP) is 0.0973. The molecule has 8 heteroatoms. The summed E-state index contributed by atoms with van der Waals surface area (Å²) in [6.45, 7) is 3.57. The van der Waals surface area contributed by atoms with Gasteiger partial charge in [0.25, 0.3) is 10.0 Å². The summed E-state index contributed by atoms with van der Waals surface area (Å²) in [5.41, 5.74) is 5.52. The molecule has 1 rings (SSSR count). The zero-order valence-electron chi connectivity index (χ0n) is 10.7. The second kappa shape index (κ2) is 6.72. The van der Waals surface area contributed by atoms with E-state index in [4.69, 9.17) is 10.5 Å². The topological polar surface area (TPSA) is 99.2 Å². The lowest BCUT2D eigenvalue weighted by atomic mass is 10.4. The lowest BCUT2D eigenvalue weighted by molar-refractivity contribution is 0.133. The summed E-state index contributed by atoms with van der Waals surface area (Å²) in [5.74, 6) is 0.00670. The predicted molar refractivity (Wildman–Crippen MR) is 68.5 cm³/mol. The van der Waals surface area contributed by atoms with Crippen LogP contribution in [-0.4, -0.2) is 37.7 Å². The van der Waals surface area contributed by atoms with E-state index in [0.29, 0.717) is 26.2 Å². The lowest BCUT2D eigenvalue weighted by Crippen LogP contribution is -2.28. The first-order valence-electron chi connectivity index (χ1n) is 5.83. The number of hydrogen-bond acceptors (Lipinski definition) is 5. The molecule has 1 aromatic rings. The third kappa shape index (κ3) is 3.97. The molecule has 0 atom stereocenters. The fraction of sp³-hybridized carbons (Fsp3) is 0.700. The van der Waals surface area contributed by atoms with Crippen molar-refractivity contribution < 1.29 is 13.2 Å². The van der Waals surface area contributed by atoms with E-state index < -0.39 is 10.0 Å². The highest BCUT2D eigenvalue weighted by molar-refractivity contribution is 7.89. The Kier molecular flexibility index (Phi) is 5.57. The minimum atomic E-state index is -3.60. The Morgan fingerprint density at radius 2 is 2.22 bits per heavy atom. The highest BCUT2D eigenvalue weighted by atomic mass is 32.2. The number of aromatic nitrogens is 2. The Morgan fingerprint density at radius 1 is 1.50 bits per heavy atom. The average molecular weight is 276 g/mol. The fourth-order valence-electron chi connectivity index (χ4n) is 1.46. The monoisotopic (exact) mass is 276 g/mol. The molecule has 0 spiro atoms. The summed E-state index contributed by atoms with van der Waals surface area (Å²) in [4.78, 5) is 3.75. The maximum atomic E-state index is 11.9. The molecule has 1 aromatic heterocycles. The van der Waals surface area contributed by atoms with E-state index in [0.717, 1.165) is 6.42 Å². The van der Waals surface area contributed by atoms with Gasteiger partial charge in [0.2, 0.25) is 0 Å². The molecule has 0 saturated carbocycles. The Hall–Kier alpha value is -1.12. The SMILES string of the molecule is CCCOCCCNS(=O)(=O)c1c(N)ncn1C. The molecule has 0 unspecified atom stereocenters. The first-order chi connectivity index (χ1) is 8.49. The molecular formula is C10H20N4O3S. The van der Waals surface area contributed by atoms with Crippen molar-refractivity contribution in [3.63, 3.8) is 0 Å². The van der Waals surface area contributed by atoms with Gasteiger partial charge in [0.1, 0.15) is 0 Å². The number of nitrogens with zero attached hydrogens (tertiary/aromatic N) is 2. The fourth-order valence-corrected chi connectivity index (χ4v) is 2.76. The summed E-state index contributed by atoms with van der Waals surface area (Å²) < 4.78 is 33.0. The summed E-state index contributed by atoms with van der Waals surface area (Å²) >= 11 is 0. The Bertz CT molecular complexity index is 450. The van der Waals surface area contributed by atoms with Crippen LogP contribution < -0.4 is 10.5 Å². The minimum absolute atomic E-state index is 0.00280. The number of aryl methyl sites for hydroxylation is 1. The molecule has 0 aromatic carbocycles. The average Bonchev–Trinajstić information content (AvgIpc) is 2.64. The molecule has 3 N–H and O–H groups in total. The summed E-state index contributed by atoms with van der Waals surface area (Å²) in [5, 5.41) is -0.00280. The lowest BCUT2D eigenvalue weighted by Gasteiger charge is -2.08. The molecule has 0 bridgehead atoms. The highest BCUT2D eigenvalue weighted by Gasteiger charge is 2.21. The van der Waals surface area contributed by atoms with Gasteiger partial charge in [0, 0.05) is 26.8 Å². The first-order valence-corrected chi connectivity index (χ1v) is 7.31. The normalized spacial score (nSPS) is 11.9. The number of ether oxygens (including phenoxy) is 1. The number of sulfonamides is 1. The van der Waals surface area contributed by atoms with E-state index in [9.17, 15) is 8.42 Å². The van der Waals surface area contributed by atoms with Crippen molar-refractivity contribution in [3.8, 4) is 0 Å². The second-order valence-corrected chi connectivity index (χ2v) is 5.59. The first kappa shape index (κ1) is 14.9. The van der Waals surface area contributed by atoms with Crippen LogP contribution in [0.2, 0.25) is 0 Å². The maximum absolute atomic E-state index is 11.9. The smallest absolute Gasteiger partial charge is 0.260 e. The number of anilines is 1. The molecule has 0 fully saturated rings. The molecule has 0 radical (unpaired) electrons. The molecule has 0 aliphatic heterocycles. The van der Waals surface area contributed by atoms with E-state index in [1.165, 1.54) is 10.9 Å². The van der Waals surface area contributed by atoms with Crippen LogP contribution in [-0.2, 0) is 21.8 Å². The van der Waals surface area contributed by atoms with Gasteiger partial charge in [-0.1, -0.05) is 6.92 Å². The molecule has 0 saturated heterocycles. The van der Waals surface area contributed by atoms with Crippen molar-refractivity contribution in [2.24, 2.45) is 7.05 Å². The number of nitrogen functional groups attached to an aromatic ring is 1. The van der Waals surface area contributed by atoms with Crippen LogP contribution in [0.15, 0.2) is 11.4 Å². The summed E-state index contributed by atoms with van der Waals surface area (Å²) in [7, 11) is -2.02. The molecule has 0 amide bonds. The highest BCUT2D eigenvalue weighted by Crippen LogP contribution is 2.14. The maximum Gasteiger partial charge on any atom is 0.260 e. The van der Waals surface area contributed by atoms with Crippen LogP contribution in [0, 0.1) is 0 Å².